The van der Waals surface area contributed by atoms with E-state index < -0.39 is 0 Å². The Labute approximate surface area is 144 Å². The SMILES string of the molecule is CSc1cccc(NC(=O)c2nnn(-c3ccccc3C)c2N)c1. The zero-order valence-electron chi connectivity index (χ0n) is 13.4. The molecule has 6 nitrogen and oxygen atoms in total. The number of para-hydroxylation sites is 1. The van der Waals surface area contributed by atoms with Gasteiger partial charge >= 0.3 is 0 Å². The van der Waals surface area contributed by atoms with Gasteiger partial charge in [-0.25, -0.2) is 0 Å². The number of aryl methyl sites for hydroxylation is 1. The number of hydrogen-bond acceptors (Lipinski definition) is 5. The second kappa shape index (κ2) is 6.76. The summed E-state index contributed by atoms with van der Waals surface area (Å²) in [7, 11) is 0. The lowest BCUT2D eigenvalue weighted by atomic mass is 10.2. The molecule has 122 valence electrons. The van der Waals surface area contributed by atoms with Crippen LogP contribution in [0.15, 0.2) is 53.4 Å². The summed E-state index contributed by atoms with van der Waals surface area (Å²) >= 11 is 1.60. The Kier molecular flexibility index (Phi) is 4.52. The van der Waals surface area contributed by atoms with Crippen LogP contribution in [0.2, 0.25) is 0 Å². The van der Waals surface area contributed by atoms with Gasteiger partial charge in [0.15, 0.2) is 11.5 Å². The Morgan fingerprint density at radius 3 is 2.75 bits per heavy atom. The molecule has 0 aliphatic carbocycles. The van der Waals surface area contributed by atoms with Crippen molar-refractivity contribution in [3.63, 3.8) is 0 Å². The van der Waals surface area contributed by atoms with Crippen molar-refractivity contribution in [2.24, 2.45) is 0 Å². The summed E-state index contributed by atoms with van der Waals surface area (Å²) in [6.07, 6.45) is 1.98. The quantitative estimate of drug-likeness (QED) is 0.713. The number of nitrogens with two attached hydrogens (primary N) is 1. The summed E-state index contributed by atoms with van der Waals surface area (Å²) in [6, 6.07) is 15.2. The van der Waals surface area contributed by atoms with Gasteiger partial charge in [-0.05, 0) is 43.0 Å². The molecule has 0 saturated heterocycles. The van der Waals surface area contributed by atoms with Crippen LogP contribution < -0.4 is 11.1 Å². The molecule has 0 saturated carbocycles. The zero-order chi connectivity index (χ0) is 17.1. The third-order valence-electron chi connectivity index (χ3n) is 3.59. The van der Waals surface area contributed by atoms with E-state index in [1.165, 1.54) is 4.68 Å². The largest absolute Gasteiger partial charge is 0.382 e. The average molecular weight is 339 g/mol. The second-order valence-corrected chi connectivity index (χ2v) is 6.09. The number of nitrogens with one attached hydrogen (secondary N) is 1. The molecule has 1 amide bonds. The summed E-state index contributed by atoms with van der Waals surface area (Å²) in [5.41, 5.74) is 8.68. The van der Waals surface area contributed by atoms with Gasteiger partial charge in [0.2, 0.25) is 0 Å². The van der Waals surface area contributed by atoms with Gasteiger partial charge in [0.05, 0.1) is 5.69 Å². The summed E-state index contributed by atoms with van der Waals surface area (Å²) in [5, 5.41) is 10.8. The fourth-order valence-corrected chi connectivity index (χ4v) is 2.78. The number of carbonyl (C=O) groups is 1. The van der Waals surface area contributed by atoms with Crippen LogP contribution in [-0.4, -0.2) is 27.2 Å². The summed E-state index contributed by atoms with van der Waals surface area (Å²) < 4.78 is 1.47. The van der Waals surface area contributed by atoms with Gasteiger partial charge < -0.3 is 11.1 Å². The van der Waals surface area contributed by atoms with Crippen molar-refractivity contribution in [2.45, 2.75) is 11.8 Å². The van der Waals surface area contributed by atoms with E-state index in [0.29, 0.717) is 5.69 Å². The molecule has 0 radical (unpaired) electrons. The van der Waals surface area contributed by atoms with Crippen LogP contribution in [0.1, 0.15) is 16.1 Å². The number of amides is 1. The molecule has 3 N–H and O–H groups in total. The van der Waals surface area contributed by atoms with Crippen molar-refractivity contribution in [1.29, 1.82) is 0 Å². The fourth-order valence-electron chi connectivity index (χ4n) is 2.32. The van der Waals surface area contributed by atoms with Gasteiger partial charge in [-0.15, -0.1) is 16.9 Å². The zero-order valence-corrected chi connectivity index (χ0v) is 14.2. The highest BCUT2D eigenvalue weighted by molar-refractivity contribution is 7.98. The molecule has 0 aliphatic rings. The highest BCUT2D eigenvalue weighted by Crippen LogP contribution is 2.21. The van der Waals surface area contributed by atoms with E-state index in [1.807, 2.05) is 61.7 Å². The summed E-state index contributed by atoms with van der Waals surface area (Å²) in [5.74, 6) is -0.173. The number of benzene rings is 2. The smallest absolute Gasteiger partial charge is 0.280 e. The maximum Gasteiger partial charge on any atom is 0.280 e. The van der Waals surface area contributed by atoms with Crippen LogP contribution >= 0.6 is 11.8 Å². The Bertz CT molecular complexity index is 890. The van der Waals surface area contributed by atoms with Gasteiger partial charge in [-0.2, -0.15) is 4.68 Å². The molecule has 1 heterocycles. The molecule has 3 aromatic rings. The Morgan fingerprint density at radius 2 is 2.00 bits per heavy atom. The number of rotatable bonds is 4. The van der Waals surface area contributed by atoms with Gasteiger partial charge in [0, 0.05) is 10.6 Å². The lowest BCUT2D eigenvalue weighted by Crippen LogP contribution is -2.15. The number of anilines is 2. The topological polar surface area (TPSA) is 85.8 Å². The maximum absolute atomic E-state index is 12.5. The van der Waals surface area contributed by atoms with Crippen molar-refractivity contribution in [1.82, 2.24) is 15.0 Å². The van der Waals surface area contributed by atoms with Crippen LogP contribution in [0.5, 0.6) is 0 Å². The highest BCUT2D eigenvalue weighted by atomic mass is 32.2. The molecule has 0 bridgehead atoms. The Balaban J connectivity index is 1.88. The Morgan fingerprint density at radius 1 is 1.21 bits per heavy atom. The molecule has 0 fully saturated rings. The predicted molar refractivity (Wildman–Crippen MR) is 96.7 cm³/mol. The van der Waals surface area contributed by atoms with Crippen LogP contribution in [0.25, 0.3) is 5.69 Å². The maximum atomic E-state index is 12.5. The van der Waals surface area contributed by atoms with Crippen molar-refractivity contribution in [3.8, 4) is 5.69 Å². The first kappa shape index (κ1) is 16.1. The number of carbonyl (C=O) groups excluding carboxylic acids is 1. The van der Waals surface area contributed by atoms with E-state index in [9.17, 15) is 4.79 Å². The van der Waals surface area contributed by atoms with Crippen molar-refractivity contribution >= 4 is 29.2 Å². The third-order valence-corrected chi connectivity index (χ3v) is 4.32. The molecule has 0 spiro atoms. The van der Waals surface area contributed by atoms with E-state index in [-0.39, 0.29) is 17.4 Å². The first-order valence-electron chi connectivity index (χ1n) is 7.32. The average Bonchev–Trinajstić information content (AvgIpc) is 2.97. The Hall–Kier alpha value is -2.80. The van der Waals surface area contributed by atoms with E-state index >= 15 is 0 Å². The summed E-state index contributed by atoms with van der Waals surface area (Å²) in [6.45, 7) is 1.95. The predicted octanol–water partition coefficient (Wildman–Crippen LogP) is 3.13. The summed E-state index contributed by atoms with van der Waals surface area (Å²) in [4.78, 5) is 13.5. The number of aromatic nitrogens is 3. The lowest BCUT2D eigenvalue weighted by Gasteiger charge is -2.07. The second-order valence-electron chi connectivity index (χ2n) is 5.21. The highest BCUT2D eigenvalue weighted by Gasteiger charge is 2.19. The number of thioether (sulfide) groups is 1. The van der Waals surface area contributed by atoms with Crippen LogP contribution in [0.3, 0.4) is 0 Å². The molecule has 3 rings (SSSR count). The molecule has 0 atom stereocenters. The van der Waals surface area contributed by atoms with Gasteiger partial charge in [-0.3, -0.25) is 4.79 Å². The number of hydrogen-bond donors (Lipinski definition) is 2. The van der Waals surface area contributed by atoms with Crippen molar-refractivity contribution in [2.75, 3.05) is 17.3 Å². The molecule has 7 heteroatoms. The van der Waals surface area contributed by atoms with Gasteiger partial charge in [-0.1, -0.05) is 29.5 Å². The molecule has 2 aromatic carbocycles. The number of nitrogen functional groups attached to an aromatic ring is 1. The molecule has 1 aromatic heterocycles. The van der Waals surface area contributed by atoms with Crippen molar-refractivity contribution < 1.29 is 4.79 Å². The lowest BCUT2D eigenvalue weighted by molar-refractivity contribution is 0.102. The first-order chi connectivity index (χ1) is 11.6. The van der Waals surface area contributed by atoms with Crippen LogP contribution in [-0.2, 0) is 0 Å². The van der Waals surface area contributed by atoms with Crippen LogP contribution in [0, 0.1) is 6.92 Å². The monoisotopic (exact) mass is 339 g/mol. The van der Waals surface area contributed by atoms with Gasteiger partial charge in [0.25, 0.3) is 5.91 Å². The van der Waals surface area contributed by atoms with Crippen molar-refractivity contribution in [3.05, 3.63) is 59.8 Å². The minimum absolute atomic E-state index is 0.104. The molecular formula is C17H17N5OS. The molecule has 24 heavy (non-hydrogen) atoms. The molecule has 0 aliphatic heterocycles. The van der Waals surface area contributed by atoms with E-state index in [0.717, 1.165) is 16.1 Å². The van der Waals surface area contributed by atoms with Gasteiger partial charge in [0.1, 0.15) is 0 Å². The minimum atomic E-state index is -0.384. The van der Waals surface area contributed by atoms with E-state index in [1.54, 1.807) is 11.8 Å². The molecular weight excluding hydrogens is 322 g/mol. The fraction of sp³-hybridized carbons (Fsp3) is 0.118. The molecule has 0 unspecified atom stereocenters. The minimum Gasteiger partial charge on any atom is -0.382 e. The normalized spacial score (nSPS) is 10.6. The van der Waals surface area contributed by atoms with E-state index in [4.69, 9.17) is 5.73 Å². The standard InChI is InChI=1S/C17H17N5OS/c1-11-6-3-4-9-14(11)22-16(18)15(20-21-22)17(23)19-12-7-5-8-13(10-12)24-2/h3-10H,18H2,1-2H3,(H,19,23). The number of nitrogens with zero attached hydrogens (tertiary/aromatic N) is 3. The first-order valence-corrected chi connectivity index (χ1v) is 8.55. The van der Waals surface area contributed by atoms with E-state index in [2.05, 4.69) is 15.6 Å². The van der Waals surface area contributed by atoms with Crippen LogP contribution in [0.4, 0.5) is 11.5 Å². The third kappa shape index (κ3) is 3.11.